The molecule has 0 unspecified atom stereocenters. The van der Waals surface area contributed by atoms with Crippen LogP contribution in [0, 0.1) is 0 Å². The number of hydrogen-bond donors (Lipinski definition) is 2. The molecule has 126 valence electrons. The molecule has 3 aromatic rings. The third-order valence-electron chi connectivity index (χ3n) is 4.16. The summed E-state index contributed by atoms with van der Waals surface area (Å²) in [6.45, 7) is 2.91. The van der Waals surface area contributed by atoms with Gasteiger partial charge in [-0.3, -0.25) is 4.79 Å². The van der Waals surface area contributed by atoms with Crippen molar-refractivity contribution >= 4 is 11.6 Å². The van der Waals surface area contributed by atoms with Gasteiger partial charge in [-0.15, -0.1) is 0 Å². The maximum absolute atomic E-state index is 12.2. The van der Waals surface area contributed by atoms with Crippen LogP contribution in [0.4, 0.5) is 5.69 Å². The summed E-state index contributed by atoms with van der Waals surface area (Å²) in [5.74, 6) is -0.0941. The van der Waals surface area contributed by atoms with Gasteiger partial charge >= 0.3 is 0 Å². The van der Waals surface area contributed by atoms with Gasteiger partial charge in [0.15, 0.2) is 0 Å². The van der Waals surface area contributed by atoms with Crippen LogP contribution in [0.25, 0.3) is 0 Å². The molecule has 0 bridgehead atoms. The molecule has 0 saturated carbocycles. The Labute approximate surface area is 148 Å². The van der Waals surface area contributed by atoms with Crippen molar-refractivity contribution in [2.45, 2.75) is 19.5 Å². The van der Waals surface area contributed by atoms with E-state index in [2.05, 4.69) is 29.7 Å². The highest BCUT2D eigenvalue weighted by molar-refractivity contribution is 6.04. The van der Waals surface area contributed by atoms with E-state index in [1.54, 1.807) is 0 Å². The Morgan fingerprint density at radius 3 is 2.08 bits per heavy atom. The molecule has 0 saturated heterocycles. The van der Waals surface area contributed by atoms with Gasteiger partial charge in [0.25, 0.3) is 5.91 Å². The summed E-state index contributed by atoms with van der Waals surface area (Å²) in [5, 5.41) is 6.40. The third-order valence-corrected chi connectivity index (χ3v) is 4.16. The fourth-order valence-corrected chi connectivity index (χ4v) is 2.63. The molecule has 0 aliphatic carbocycles. The molecule has 25 heavy (non-hydrogen) atoms. The Morgan fingerprint density at radius 2 is 1.44 bits per heavy atom. The number of para-hydroxylation sites is 1. The zero-order chi connectivity index (χ0) is 17.5. The number of benzene rings is 3. The monoisotopic (exact) mass is 330 g/mol. The van der Waals surface area contributed by atoms with Crippen molar-refractivity contribution in [1.82, 2.24) is 5.32 Å². The van der Waals surface area contributed by atoms with E-state index in [1.807, 2.05) is 72.8 Å². The smallest absolute Gasteiger partial charge is 0.255 e. The van der Waals surface area contributed by atoms with Gasteiger partial charge in [-0.25, -0.2) is 0 Å². The van der Waals surface area contributed by atoms with Crippen LogP contribution in [-0.2, 0) is 6.54 Å². The Morgan fingerprint density at radius 1 is 0.840 bits per heavy atom. The predicted octanol–water partition coefficient (Wildman–Crippen LogP) is 4.79. The van der Waals surface area contributed by atoms with E-state index in [0.717, 1.165) is 17.8 Å². The van der Waals surface area contributed by atoms with Gasteiger partial charge in [0.2, 0.25) is 0 Å². The van der Waals surface area contributed by atoms with E-state index < -0.39 is 0 Å². The van der Waals surface area contributed by atoms with Gasteiger partial charge in [0.05, 0.1) is 0 Å². The summed E-state index contributed by atoms with van der Waals surface area (Å²) >= 11 is 0. The lowest BCUT2D eigenvalue weighted by Gasteiger charge is -2.14. The lowest BCUT2D eigenvalue weighted by atomic mass is 10.1. The van der Waals surface area contributed by atoms with Gasteiger partial charge in [-0.05, 0) is 42.3 Å². The molecule has 0 aromatic heterocycles. The molecule has 3 aromatic carbocycles. The van der Waals surface area contributed by atoms with Crippen molar-refractivity contribution in [3.8, 4) is 0 Å². The van der Waals surface area contributed by atoms with Crippen molar-refractivity contribution in [3.63, 3.8) is 0 Å². The van der Waals surface area contributed by atoms with Crippen molar-refractivity contribution in [1.29, 1.82) is 0 Å². The zero-order valence-electron chi connectivity index (χ0n) is 14.3. The van der Waals surface area contributed by atoms with Crippen molar-refractivity contribution in [3.05, 3.63) is 102 Å². The molecule has 0 aliphatic heterocycles. The van der Waals surface area contributed by atoms with E-state index in [-0.39, 0.29) is 11.9 Å². The number of carbonyl (C=O) groups is 1. The van der Waals surface area contributed by atoms with Crippen LogP contribution in [0.3, 0.4) is 0 Å². The molecular weight excluding hydrogens is 308 g/mol. The second kappa shape index (κ2) is 8.27. The lowest BCUT2D eigenvalue weighted by molar-refractivity contribution is 0.102. The summed E-state index contributed by atoms with van der Waals surface area (Å²) in [5.41, 5.74) is 3.87. The van der Waals surface area contributed by atoms with E-state index in [9.17, 15) is 4.79 Å². The molecule has 0 fully saturated rings. The van der Waals surface area contributed by atoms with Crippen molar-refractivity contribution in [2.75, 3.05) is 5.32 Å². The van der Waals surface area contributed by atoms with E-state index in [1.165, 1.54) is 5.56 Å². The first kappa shape index (κ1) is 16.9. The van der Waals surface area contributed by atoms with Crippen molar-refractivity contribution < 1.29 is 4.79 Å². The van der Waals surface area contributed by atoms with E-state index in [4.69, 9.17) is 0 Å². The van der Waals surface area contributed by atoms with Gasteiger partial charge in [0, 0.05) is 23.8 Å². The average molecular weight is 330 g/mol. The van der Waals surface area contributed by atoms with E-state index in [0.29, 0.717) is 5.56 Å². The summed E-state index contributed by atoms with van der Waals surface area (Å²) in [4.78, 5) is 12.2. The number of amides is 1. The first-order valence-corrected chi connectivity index (χ1v) is 8.46. The third kappa shape index (κ3) is 4.78. The van der Waals surface area contributed by atoms with Gasteiger partial charge in [0.1, 0.15) is 0 Å². The number of anilines is 1. The van der Waals surface area contributed by atoms with Crippen LogP contribution < -0.4 is 10.6 Å². The highest BCUT2D eigenvalue weighted by Crippen LogP contribution is 2.13. The number of hydrogen-bond acceptors (Lipinski definition) is 2. The number of carbonyl (C=O) groups excluding carboxylic acids is 1. The molecule has 0 radical (unpaired) electrons. The van der Waals surface area contributed by atoms with Crippen LogP contribution in [-0.4, -0.2) is 5.91 Å². The molecule has 0 aliphatic rings. The minimum absolute atomic E-state index is 0.0941. The molecule has 1 amide bonds. The van der Waals surface area contributed by atoms with Crippen LogP contribution in [0.15, 0.2) is 84.9 Å². The van der Waals surface area contributed by atoms with Crippen LogP contribution in [0.2, 0.25) is 0 Å². The van der Waals surface area contributed by atoms with Crippen LogP contribution >= 0.6 is 0 Å². The van der Waals surface area contributed by atoms with Gasteiger partial charge in [-0.2, -0.15) is 0 Å². The SMILES string of the molecule is C[C@@H](NCc1ccc(C(=O)Nc2ccccc2)cc1)c1ccccc1. The molecule has 3 heteroatoms. The second-order valence-electron chi connectivity index (χ2n) is 6.03. The van der Waals surface area contributed by atoms with E-state index >= 15 is 0 Å². The fourth-order valence-electron chi connectivity index (χ4n) is 2.63. The Hall–Kier alpha value is -2.91. The molecule has 2 N–H and O–H groups in total. The average Bonchev–Trinajstić information content (AvgIpc) is 2.68. The predicted molar refractivity (Wildman–Crippen MR) is 103 cm³/mol. The van der Waals surface area contributed by atoms with Gasteiger partial charge < -0.3 is 10.6 Å². The minimum atomic E-state index is -0.0941. The molecule has 0 spiro atoms. The summed E-state index contributed by atoms with van der Waals surface area (Å²) in [6, 6.07) is 27.8. The Bertz CT molecular complexity index is 798. The molecule has 1 atom stereocenters. The van der Waals surface area contributed by atoms with Crippen LogP contribution in [0.5, 0.6) is 0 Å². The first-order valence-electron chi connectivity index (χ1n) is 8.46. The van der Waals surface area contributed by atoms with Gasteiger partial charge in [-0.1, -0.05) is 60.7 Å². The maximum atomic E-state index is 12.2. The largest absolute Gasteiger partial charge is 0.322 e. The zero-order valence-corrected chi connectivity index (χ0v) is 14.3. The quantitative estimate of drug-likeness (QED) is 0.682. The normalized spacial score (nSPS) is 11.7. The molecular formula is C22H22N2O. The summed E-state index contributed by atoms with van der Waals surface area (Å²) in [7, 11) is 0. The number of rotatable bonds is 6. The highest BCUT2D eigenvalue weighted by Gasteiger charge is 2.07. The second-order valence-corrected chi connectivity index (χ2v) is 6.03. The topological polar surface area (TPSA) is 41.1 Å². The summed E-state index contributed by atoms with van der Waals surface area (Å²) in [6.07, 6.45) is 0. The lowest BCUT2D eigenvalue weighted by Crippen LogP contribution is -2.18. The van der Waals surface area contributed by atoms with Crippen LogP contribution in [0.1, 0.15) is 34.5 Å². The fraction of sp³-hybridized carbons (Fsp3) is 0.136. The number of nitrogens with one attached hydrogen (secondary N) is 2. The highest BCUT2D eigenvalue weighted by atomic mass is 16.1. The first-order chi connectivity index (χ1) is 12.2. The maximum Gasteiger partial charge on any atom is 0.255 e. The van der Waals surface area contributed by atoms with Crippen molar-refractivity contribution in [2.24, 2.45) is 0 Å². The molecule has 3 nitrogen and oxygen atoms in total. The minimum Gasteiger partial charge on any atom is -0.322 e. The Balaban J connectivity index is 1.56. The Kier molecular flexibility index (Phi) is 5.60. The molecule has 3 rings (SSSR count). The summed E-state index contributed by atoms with van der Waals surface area (Å²) < 4.78 is 0. The standard InChI is InChI=1S/C22H22N2O/c1-17(19-8-4-2-5-9-19)23-16-18-12-14-20(15-13-18)22(25)24-21-10-6-3-7-11-21/h2-15,17,23H,16H2,1H3,(H,24,25)/t17-/m1/s1. The molecule has 0 heterocycles.